The highest BCUT2D eigenvalue weighted by Crippen LogP contribution is 2.28. The third-order valence-electron chi connectivity index (χ3n) is 5.19. The minimum Gasteiger partial charge on any atom is -0.497 e. The van der Waals surface area contributed by atoms with Gasteiger partial charge in [0.1, 0.15) is 5.75 Å². The van der Waals surface area contributed by atoms with Crippen LogP contribution in [0.1, 0.15) is 18.4 Å². The number of nitrogens with zero attached hydrogens (tertiary/aromatic N) is 2. The highest BCUT2D eigenvalue weighted by Gasteiger charge is 2.33. The van der Waals surface area contributed by atoms with Crippen LogP contribution in [0.3, 0.4) is 0 Å². The summed E-state index contributed by atoms with van der Waals surface area (Å²) < 4.78 is 5.16. The molecule has 0 aromatic heterocycles. The molecule has 2 aliphatic rings. The highest BCUT2D eigenvalue weighted by molar-refractivity contribution is 5.98. The Morgan fingerprint density at radius 3 is 2.70 bits per heavy atom. The molecule has 0 aliphatic carbocycles. The van der Waals surface area contributed by atoms with Crippen molar-refractivity contribution in [2.75, 3.05) is 30.0 Å². The van der Waals surface area contributed by atoms with Gasteiger partial charge in [-0.1, -0.05) is 18.2 Å². The molecule has 27 heavy (non-hydrogen) atoms. The van der Waals surface area contributed by atoms with Crippen molar-refractivity contribution in [2.24, 2.45) is 0 Å². The number of methoxy groups -OCH3 is 1. The number of carbonyl (C=O) groups excluding carboxylic acids is 2. The predicted octanol–water partition coefficient (Wildman–Crippen LogP) is 2.96. The summed E-state index contributed by atoms with van der Waals surface area (Å²) in [7, 11) is 1.61. The molecule has 6 nitrogen and oxygen atoms in total. The van der Waals surface area contributed by atoms with Crippen molar-refractivity contribution in [2.45, 2.75) is 25.3 Å². The van der Waals surface area contributed by atoms with Crippen LogP contribution < -0.4 is 19.9 Å². The van der Waals surface area contributed by atoms with E-state index in [0.717, 1.165) is 30.0 Å². The molecule has 2 aromatic rings. The van der Waals surface area contributed by atoms with Gasteiger partial charge in [-0.2, -0.15) is 0 Å². The van der Waals surface area contributed by atoms with Crippen LogP contribution in [0.25, 0.3) is 0 Å². The first-order valence-corrected chi connectivity index (χ1v) is 9.26. The second-order valence-electron chi connectivity index (χ2n) is 6.94. The first-order valence-electron chi connectivity index (χ1n) is 9.26. The maximum absolute atomic E-state index is 12.8. The van der Waals surface area contributed by atoms with Crippen LogP contribution in [0, 0.1) is 0 Å². The topological polar surface area (TPSA) is 61.9 Å². The van der Waals surface area contributed by atoms with E-state index in [-0.39, 0.29) is 18.0 Å². The lowest BCUT2D eigenvalue weighted by Gasteiger charge is -2.30. The zero-order chi connectivity index (χ0) is 18.8. The molecule has 0 radical (unpaired) electrons. The largest absolute Gasteiger partial charge is 0.497 e. The summed E-state index contributed by atoms with van der Waals surface area (Å²) in [4.78, 5) is 28.8. The van der Waals surface area contributed by atoms with Crippen LogP contribution in [0.15, 0.2) is 48.5 Å². The van der Waals surface area contributed by atoms with Crippen LogP contribution in [0.5, 0.6) is 5.75 Å². The monoisotopic (exact) mass is 365 g/mol. The van der Waals surface area contributed by atoms with Crippen molar-refractivity contribution in [1.82, 2.24) is 5.32 Å². The van der Waals surface area contributed by atoms with E-state index < -0.39 is 0 Å². The third kappa shape index (κ3) is 3.47. The van der Waals surface area contributed by atoms with E-state index in [4.69, 9.17) is 4.74 Å². The minimum atomic E-state index is -0.193. The van der Waals surface area contributed by atoms with Gasteiger partial charge in [0, 0.05) is 30.9 Å². The number of hydrogen-bond acceptors (Lipinski definition) is 3. The Morgan fingerprint density at radius 1 is 1.15 bits per heavy atom. The number of rotatable bonds is 3. The van der Waals surface area contributed by atoms with E-state index in [2.05, 4.69) is 11.4 Å². The molecular weight excluding hydrogens is 342 g/mol. The van der Waals surface area contributed by atoms with Crippen molar-refractivity contribution in [3.63, 3.8) is 0 Å². The Bertz CT molecular complexity index is 850. The van der Waals surface area contributed by atoms with Crippen molar-refractivity contribution >= 4 is 23.3 Å². The lowest BCUT2D eigenvalue weighted by molar-refractivity contribution is -0.117. The number of para-hydroxylation sites is 1. The zero-order valence-corrected chi connectivity index (χ0v) is 15.4. The normalized spacial score (nSPS) is 19.0. The fraction of sp³-hybridized carbons (Fsp3) is 0.333. The Morgan fingerprint density at radius 2 is 1.93 bits per heavy atom. The SMILES string of the molecule is COc1ccc(N2C[C@@H](NC(=O)N3CCCc4ccccc43)CC2=O)cc1. The van der Waals surface area contributed by atoms with Crippen LogP contribution in [-0.2, 0) is 11.2 Å². The first-order chi connectivity index (χ1) is 13.2. The van der Waals surface area contributed by atoms with Gasteiger partial charge in [-0.05, 0) is 48.7 Å². The Labute approximate surface area is 158 Å². The molecule has 3 amide bonds. The maximum Gasteiger partial charge on any atom is 0.322 e. The fourth-order valence-corrected chi connectivity index (χ4v) is 3.81. The van der Waals surface area contributed by atoms with Crippen molar-refractivity contribution in [3.8, 4) is 5.75 Å². The molecule has 1 atom stereocenters. The maximum atomic E-state index is 12.8. The van der Waals surface area contributed by atoms with Gasteiger partial charge < -0.3 is 15.0 Å². The Kier molecular flexibility index (Phi) is 4.71. The van der Waals surface area contributed by atoms with Gasteiger partial charge >= 0.3 is 6.03 Å². The van der Waals surface area contributed by atoms with E-state index in [1.165, 1.54) is 5.56 Å². The van der Waals surface area contributed by atoms with Gasteiger partial charge in [-0.3, -0.25) is 9.69 Å². The quantitative estimate of drug-likeness (QED) is 0.910. The van der Waals surface area contributed by atoms with Crippen molar-refractivity contribution < 1.29 is 14.3 Å². The van der Waals surface area contributed by atoms with Crippen molar-refractivity contribution in [1.29, 1.82) is 0 Å². The number of carbonyl (C=O) groups is 2. The molecule has 0 unspecified atom stereocenters. The first kappa shape index (κ1) is 17.4. The summed E-state index contributed by atoms with van der Waals surface area (Å²) in [6, 6.07) is 15.1. The van der Waals surface area contributed by atoms with Gasteiger partial charge in [-0.15, -0.1) is 0 Å². The van der Waals surface area contributed by atoms with Gasteiger partial charge in [0.15, 0.2) is 0 Å². The van der Waals surface area contributed by atoms with Crippen molar-refractivity contribution in [3.05, 3.63) is 54.1 Å². The Hall–Kier alpha value is -3.02. The smallest absolute Gasteiger partial charge is 0.322 e. The molecule has 2 heterocycles. The number of benzene rings is 2. The molecule has 0 spiro atoms. The standard InChI is InChI=1S/C21H23N3O3/c1-27-18-10-8-17(9-11-18)24-14-16(13-20(24)25)22-21(26)23-12-4-6-15-5-2-3-7-19(15)23/h2-3,5,7-11,16H,4,6,12-14H2,1H3,(H,22,26)/t16-/m0/s1. The summed E-state index contributed by atoms with van der Waals surface area (Å²) in [5.74, 6) is 0.767. The number of fused-ring (bicyclic) bond motifs is 1. The molecule has 1 saturated heterocycles. The summed E-state index contributed by atoms with van der Waals surface area (Å²) in [6.45, 7) is 1.18. The zero-order valence-electron chi connectivity index (χ0n) is 15.4. The lowest BCUT2D eigenvalue weighted by Crippen LogP contribution is -2.47. The minimum absolute atomic E-state index is 0.0181. The molecule has 0 bridgehead atoms. The number of hydrogen-bond donors (Lipinski definition) is 1. The second-order valence-corrected chi connectivity index (χ2v) is 6.94. The summed E-state index contributed by atoms with van der Waals surface area (Å²) in [6.07, 6.45) is 2.26. The van der Waals surface area contributed by atoms with Crippen LogP contribution in [0.4, 0.5) is 16.2 Å². The summed E-state index contributed by atoms with van der Waals surface area (Å²) >= 11 is 0. The summed E-state index contributed by atoms with van der Waals surface area (Å²) in [5, 5.41) is 3.04. The average Bonchev–Trinajstić information content (AvgIpc) is 3.07. The highest BCUT2D eigenvalue weighted by atomic mass is 16.5. The van der Waals surface area contributed by atoms with Crippen LogP contribution in [-0.4, -0.2) is 38.2 Å². The van der Waals surface area contributed by atoms with Crippen LogP contribution >= 0.6 is 0 Å². The number of nitrogens with one attached hydrogen (secondary N) is 1. The molecule has 2 aromatic carbocycles. The van der Waals surface area contributed by atoms with Gasteiger partial charge in [0.2, 0.25) is 5.91 Å². The number of urea groups is 1. The molecule has 1 N–H and O–H groups in total. The van der Waals surface area contributed by atoms with Gasteiger partial charge in [0.25, 0.3) is 0 Å². The molecule has 0 saturated carbocycles. The van der Waals surface area contributed by atoms with E-state index in [0.29, 0.717) is 19.5 Å². The molecular formula is C21H23N3O3. The molecule has 140 valence electrons. The van der Waals surface area contributed by atoms with E-state index >= 15 is 0 Å². The number of anilines is 2. The second kappa shape index (κ2) is 7.31. The Balaban J connectivity index is 1.43. The van der Waals surface area contributed by atoms with E-state index in [1.54, 1.807) is 16.9 Å². The lowest BCUT2D eigenvalue weighted by atomic mass is 10.0. The summed E-state index contributed by atoms with van der Waals surface area (Å²) in [5.41, 5.74) is 2.99. The number of ether oxygens (including phenoxy) is 1. The van der Waals surface area contributed by atoms with Gasteiger partial charge in [-0.25, -0.2) is 4.79 Å². The van der Waals surface area contributed by atoms with E-state index in [1.807, 2.05) is 42.5 Å². The van der Waals surface area contributed by atoms with Crippen LogP contribution in [0.2, 0.25) is 0 Å². The molecule has 1 fully saturated rings. The fourth-order valence-electron chi connectivity index (χ4n) is 3.81. The third-order valence-corrected chi connectivity index (χ3v) is 5.19. The van der Waals surface area contributed by atoms with E-state index in [9.17, 15) is 9.59 Å². The van der Waals surface area contributed by atoms with Gasteiger partial charge in [0.05, 0.1) is 13.2 Å². The number of amides is 3. The predicted molar refractivity (Wildman–Crippen MR) is 104 cm³/mol. The molecule has 4 rings (SSSR count). The molecule has 2 aliphatic heterocycles. The number of aryl methyl sites for hydroxylation is 1. The average molecular weight is 365 g/mol. The molecule has 6 heteroatoms.